The van der Waals surface area contributed by atoms with Gasteiger partial charge in [-0.05, 0) is 40.0 Å². The lowest BCUT2D eigenvalue weighted by Crippen LogP contribution is -2.05. The molecule has 0 unspecified atom stereocenters. The van der Waals surface area contributed by atoms with Crippen molar-refractivity contribution in [1.82, 2.24) is 15.2 Å². The van der Waals surface area contributed by atoms with Crippen LogP contribution in [0.1, 0.15) is 28.9 Å². The Morgan fingerprint density at radius 2 is 2.00 bits per heavy atom. The summed E-state index contributed by atoms with van der Waals surface area (Å²) in [5.74, 6) is 0.109. The second-order valence-corrected chi connectivity index (χ2v) is 9.09. The van der Waals surface area contributed by atoms with Gasteiger partial charge in [0.25, 0.3) is 11.8 Å². The van der Waals surface area contributed by atoms with Gasteiger partial charge < -0.3 is 9.15 Å². The summed E-state index contributed by atoms with van der Waals surface area (Å²) in [7, 11) is 0. The van der Waals surface area contributed by atoms with Gasteiger partial charge in [0, 0.05) is 10.9 Å². The predicted molar refractivity (Wildman–Crippen MR) is 111 cm³/mol. The fraction of sp³-hybridized carbons (Fsp3) is 0.158. The molecule has 142 valence electrons. The summed E-state index contributed by atoms with van der Waals surface area (Å²) in [6, 6.07) is 11.9. The number of ether oxygens (including phenoxy) is 1. The van der Waals surface area contributed by atoms with Gasteiger partial charge in [0.2, 0.25) is 0 Å². The molecule has 0 spiro atoms. The van der Waals surface area contributed by atoms with Crippen LogP contribution >= 0.6 is 38.6 Å². The van der Waals surface area contributed by atoms with E-state index in [4.69, 9.17) is 9.15 Å². The molecule has 0 atom stereocenters. The standard InChI is InChI=1S/C19H14BrN3O3S2/c1-2-11-3-5-12(6-4-11)18-21-13(10-27-18)19(24)25-9-16-22-23-17(26-16)14-7-8-15(20)28-14/h3-8,10H,2,9H2,1H3. The van der Waals surface area contributed by atoms with E-state index < -0.39 is 5.97 Å². The van der Waals surface area contributed by atoms with Crippen molar-refractivity contribution in [1.29, 1.82) is 0 Å². The Morgan fingerprint density at radius 3 is 2.71 bits per heavy atom. The van der Waals surface area contributed by atoms with Crippen LogP contribution in [0.2, 0.25) is 0 Å². The highest BCUT2D eigenvalue weighted by atomic mass is 79.9. The van der Waals surface area contributed by atoms with E-state index in [-0.39, 0.29) is 18.2 Å². The van der Waals surface area contributed by atoms with Gasteiger partial charge >= 0.3 is 5.97 Å². The number of benzene rings is 1. The monoisotopic (exact) mass is 475 g/mol. The smallest absolute Gasteiger partial charge is 0.358 e. The first-order chi connectivity index (χ1) is 13.6. The molecule has 0 bridgehead atoms. The van der Waals surface area contributed by atoms with E-state index in [0.717, 1.165) is 25.7 Å². The molecule has 0 fully saturated rings. The third-order valence-electron chi connectivity index (χ3n) is 3.90. The number of nitrogens with zero attached hydrogens (tertiary/aromatic N) is 3. The lowest BCUT2D eigenvalue weighted by molar-refractivity contribution is 0.0433. The van der Waals surface area contributed by atoms with Crippen molar-refractivity contribution in [3.05, 3.63) is 62.7 Å². The molecule has 0 saturated heterocycles. The summed E-state index contributed by atoms with van der Waals surface area (Å²) < 4.78 is 11.8. The average molecular weight is 476 g/mol. The molecule has 1 aromatic carbocycles. The summed E-state index contributed by atoms with van der Waals surface area (Å²) in [6.07, 6.45) is 0.983. The summed E-state index contributed by atoms with van der Waals surface area (Å²) in [6.45, 7) is 2.01. The zero-order chi connectivity index (χ0) is 19.5. The molecule has 9 heteroatoms. The number of esters is 1. The van der Waals surface area contributed by atoms with Crippen molar-refractivity contribution in [2.75, 3.05) is 0 Å². The van der Waals surface area contributed by atoms with Gasteiger partial charge in [0.1, 0.15) is 5.01 Å². The van der Waals surface area contributed by atoms with Crippen LogP contribution in [0.5, 0.6) is 0 Å². The topological polar surface area (TPSA) is 78.1 Å². The predicted octanol–water partition coefficient (Wildman–Crippen LogP) is 5.60. The number of halogens is 1. The SMILES string of the molecule is CCc1ccc(-c2nc(C(=O)OCc3nnc(-c4ccc(Br)s4)o3)cs2)cc1. The Labute approximate surface area is 177 Å². The van der Waals surface area contributed by atoms with Gasteiger partial charge in [-0.1, -0.05) is 31.2 Å². The number of carbonyl (C=O) groups excluding carboxylic acids is 1. The first-order valence-electron chi connectivity index (χ1n) is 8.42. The minimum Gasteiger partial charge on any atom is -0.451 e. The Bertz CT molecular complexity index is 1100. The summed E-state index contributed by atoms with van der Waals surface area (Å²) in [5, 5.41) is 10.4. The van der Waals surface area contributed by atoms with Gasteiger partial charge in [-0.25, -0.2) is 9.78 Å². The van der Waals surface area contributed by atoms with Gasteiger partial charge in [0.05, 0.1) is 8.66 Å². The average Bonchev–Trinajstić information content (AvgIpc) is 3.46. The molecule has 0 aliphatic rings. The molecule has 28 heavy (non-hydrogen) atoms. The summed E-state index contributed by atoms with van der Waals surface area (Å²) in [5.41, 5.74) is 2.50. The van der Waals surface area contributed by atoms with Crippen LogP contribution in [0.15, 0.2) is 50.0 Å². The Morgan fingerprint density at radius 1 is 1.18 bits per heavy atom. The highest BCUT2D eigenvalue weighted by Gasteiger charge is 2.16. The van der Waals surface area contributed by atoms with Crippen LogP contribution in [-0.4, -0.2) is 21.2 Å². The maximum atomic E-state index is 12.3. The van der Waals surface area contributed by atoms with Gasteiger partial charge in [-0.3, -0.25) is 0 Å². The number of thiophene rings is 1. The zero-order valence-electron chi connectivity index (χ0n) is 14.7. The van der Waals surface area contributed by atoms with Crippen LogP contribution in [0, 0.1) is 0 Å². The number of hydrogen-bond donors (Lipinski definition) is 0. The van der Waals surface area contributed by atoms with E-state index in [0.29, 0.717) is 5.89 Å². The number of rotatable bonds is 6. The Hall–Kier alpha value is -2.36. The van der Waals surface area contributed by atoms with E-state index in [1.165, 1.54) is 28.2 Å². The Balaban J connectivity index is 1.39. The second kappa shape index (κ2) is 8.34. The lowest BCUT2D eigenvalue weighted by atomic mass is 10.1. The molecular formula is C19H14BrN3O3S2. The molecule has 6 nitrogen and oxygen atoms in total. The van der Waals surface area contributed by atoms with E-state index in [1.54, 1.807) is 5.38 Å². The normalized spacial score (nSPS) is 10.9. The van der Waals surface area contributed by atoms with E-state index >= 15 is 0 Å². The quantitative estimate of drug-likeness (QED) is 0.337. The van der Waals surface area contributed by atoms with Crippen molar-refractivity contribution in [3.63, 3.8) is 0 Å². The minimum absolute atomic E-state index is 0.101. The Kier molecular flexibility index (Phi) is 5.65. The third kappa shape index (κ3) is 4.21. The van der Waals surface area contributed by atoms with Crippen molar-refractivity contribution < 1.29 is 13.9 Å². The van der Waals surface area contributed by atoms with Gasteiger partial charge in [-0.15, -0.1) is 32.9 Å². The number of aryl methyl sites for hydroxylation is 1. The molecule has 4 aromatic rings. The maximum Gasteiger partial charge on any atom is 0.358 e. The third-order valence-corrected chi connectivity index (χ3v) is 6.40. The van der Waals surface area contributed by atoms with Crippen LogP contribution in [0.25, 0.3) is 21.3 Å². The van der Waals surface area contributed by atoms with Crippen LogP contribution < -0.4 is 0 Å². The zero-order valence-corrected chi connectivity index (χ0v) is 17.9. The minimum atomic E-state index is -0.522. The molecule has 0 N–H and O–H groups in total. The maximum absolute atomic E-state index is 12.3. The first-order valence-corrected chi connectivity index (χ1v) is 10.9. The van der Waals surface area contributed by atoms with Crippen molar-refractivity contribution in [3.8, 4) is 21.3 Å². The molecule has 0 amide bonds. The largest absolute Gasteiger partial charge is 0.451 e. The molecule has 4 rings (SSSR count). The van der Waals surface area contributed by atoms with Crippen LogP contribution in [0.4, 0.5) is 0 Å². The first kappa shape index (κ1) is 19.0. The van der Waals surface area contributed by atoms with E-state index in [2.05, 4.69) is 50.2 Å². The molecule has 0 aliphatic heterocycles. The fourth-order valence-corrected chi connectivity index (χ4v) is 4.53. The molecule has 0 saturated carbocycles. The van der Waals surface area contributed by atoms with Crippen molar-refractivity contribution in [2.45, 2.75) is 20.0 Å². The molecular weight excluding hydrogens is 462 g/mol. The number of thiazole rings is 1. The van der Waals surface area contributed by atoms with Gasteiger partial charge in [0.15, 0.2) is 12.3 Å². The summed E-state index contributed by atoms with van der Waals surface area (Å²) >= 11 is 6.28. The van der Waals surface area contributed by atoms with E-state index in [9.17, 15) is 4.79 Å². The molecule has 0 aliphatic carbocycles. The van der Waals surface area contributed by atoms with Crippen LogP contribution in [0.3, 0.4) is 0 Å². The fourth-order valence-electron chi connectivity index (χ4n) is 2.43. The number of aromatic nitrogens is 3. The number of carbonyl (C=O) groups is 1. The molecule has 3 heterocycles. The summed E-state index contributed by atoms with van der Waals surface area (Å²) in [4.78, 5) is 17.5. The number of hydrogen-bond acceptors (Lipinski definition) is 8. The van der Waals surface area contributed by atoms with Crippen molar-refractivity contribution >= 4 is 44.6 Å². The highest BCUT2D eigenvalue weighted by molar-refractivity contribution is 9.11. The van der Waals surface area contributed by atoms with Crippen molar-refractivity contribution in [2.24, 2.45) is 0 Å². The van der Waals surface area contributed by atoms with Crippen LogP contribution in [-0.2, 0) is 17.8 Å². The van der Waals surface area contributed by atoms with Gasteiger partial charge in [-0.2, -0.15) is 0 Å². The van der Waals surface area contributed by atoms with E-state index in [1.807, 2.05) is 24.3 Å². The molecule has 3 aromatic heterocycles. The lowest BCUT2D eigenvalue weighted by Gasteiger charge is -2.00. The second-order valence-electron chi connectivity index (χ2n) is 5.77. The highest BCUT2D eigenvalue weighted by Crippen LogP contribution is 2.30. The molecule has 0 radical (unpaired) electrons.